The van der Waals surface area contributed by atoms with E-state index in [4.69, 9.17) is 5.73 Å². The number of nitrogens with two attached hydrogens (primary N) is 1. The number of pyridine rings is 1. The van der Waals surface area contributed by atoms with Crippen LogP contribution in [0.4, 0.5) is 10.8 Å². The Morgan fingerprint density at radius 2 is 1.90 bits per heavy atom. The zero-order chi connectivity index (χ0) is 13.9. The zero-order valence-corrected chi connectivity index (χ0v) is 12.4. The van der Waals surface area contributed by atoms with E-state index in [0.29, 0.717) is 0 Å². The average molecular weight is 289 g/mol. The van der Waals surface area contributed by atoms with Gasteiger partial charge in [-0.15, -0.1) is 11.3 Å². The molecule has 1 aliphatic heterocycles. The summed E-state index contributed by atoms with van der Waals surface area (Å²) in [6.07, 6.45) is 3.79. The highest BCUT2D eigenvalue weighted by molar-refractivity contribution is 7.13. The Morgan fingerprint density at radius 1 is 1.15 bits per heavy atom. The summed E-state index contributed by atoms with van der Waals surface area (Å²) in [5.41, 5.74) is 7.94. The molecule has 0 aromatic carbocycles. The summed E-state index contributed by atoms with van der Waals surface area (Å²) in [6.45, 7) is 5.96. The Bertz CT molecular complexity index is 529. The minimum absolute atomic E-state index is 0.00852. The Hall–Kier alpha value is -1.66. The summed E-state index contributed by atoms with van der Waals surface area (Å²) in [5, 5.41) is 3.15. The second-order valence-corrected chi connectivity index (χ2v) is 5.89. The Morgan fingerprint density at radius 3 is 2.45 bits per heavy atom. The smallest absolute Gasteiger partial charge is 0.185 e. The van der Waals surface area contributed by atoms with Gasteiger partial charge in [-0.05, 0) is 19.1 Å². The van der Waals surface area contributed by atoms with Gasteiger partial charge in [0.15, 0.2) is 5.13 Å². The predicted octanol–water partition coefficient (Wildman–Crippen LogP) is 1.88. The third kappa shape index (κ3) is 2.76. The van der Waals surface area contributed by atoms with E-state index < -0.39 is 0 Å². The number of rotatable bonds is 3. The van der Waals surface area contributed by atoms with Crippen LogP contribution in [0.15, 0.2) is 29.9 Å². The molecule has 2 N–H and O–H groups in total. The van der Waals surface area contributed by atoms with Crippen molar-refractivity contribution in [3.63, 3.8) is 0 Å². The summed E-state index contributed by atoms with van der Waals surface area (Å²) in [6, 6.07) is 4.13. The zero-order valence-electron chi connectivity index (χ0n) is 11.6. The molecule has 0 bridgehead atoms. The maximum Gasteiger partial charge on any atom is 0.185 e. The van der Waals surface area contributed by atoms with E-state index in [-0.39, 0.29) is 6.04 Å². The van der Waals surface area contributed by atoms with Gasteiger partial charge in [0.05, 0.1) is 17.6 Å². The minimum Gasteiger partial charge on any atom is -0.367 e. The van der Waals surface area contributed by atoms with Gasteiger partial charge in [0, 0.05) is 43.8 Å². The Labute approximate surface area is 123 Å². The van der Waals surface area contributed by atoms with Gasteiger partial charge in [0.1, 0.15) is 0 Å². The summed E-state index contributed by atoms with van der Waals surface area (Å²) in [5.74, 6) is 0. The molecule has 0 spiro atoms. The third-order valence-corrected chi connectivity index (χ3v) is 4.40. The molecule has 0 unspecified atom stereocenters. The van der Waals surface area contributed by atoms with Gasteiger partial charge in [-0.25, -0.2) is 4.98 Å². The highest BCUT2D eigenvalue weighted by Gasteiger charge is 2.19. The van der Waals surface area contributed by atoms with Crippen LogP contribution in [0.25, 0.3) is 0 Å². The molecule has 106 valence electrons. The van der Waals surface area contributed by atoms with Gasteiger partial charge < -0.3 is 15.5 Å². The minimum atomic E-state index is -0.00852. The van der Waals surface area contributed by atoms with Gasteiger partial charge in [-0.3, -0.25) is 4.98 Å². The fourth-order valence-electron chi connectivity index (χ4n) is 2.38. The van der Waals surface area contributed by atoms with Crippen molar-refractivity contribution in [1.29, 1.82) is 0 Å². The SMILES string of the molecule is C[C@H](N)c1ccc(N2CCN(c3nccs3)CC2)cn1. The maximum atomic E-state index is 5.83. The van der Waals surface area contributed by atoms with Crippen LogP contribution in [-0.4, -0.2) is 36.1 Å². The quantitative estimate of drug-likeness (QED) is 0.935. The van der Waals surface area contributed by atoms with Crippen molar-refractivity contribution in [2.45, 2.75) is 13.0 Å². The molecular weight excluding hydrogens is 270 g/mol. The predicted molar refractivity (Wildman–Crippen MR) is 83.4 cm³/mol. The fourth-order valence-corrected chi connectivity index (χ4v) is 3.08. The second kappa shape index (κ2) is 5.76. The van der Waals surface area contributed by atoms with Crippen molar-refractivity contribution in [2.75, 3.05) is 36.0 Å². The molecule has 5 nitrogen and oxygen atoms in total. The Kier molecular flexibility index (Phi) is 3.84. The number of hydrogen-bond acceptors (Lipinski definition) is 6. The van der Waals surface area contributed by atoms with Crippen LogP contribution in [0.3, 0.4) is 0 Å². The first-order valence-electron chi connectivity index (χ1n) is 6.85. The van der Waals surface area contributed by atoms with Gasteiger partial charge >= 0.3 is 0 Å². The lowest BCUT2D eigenvalue weighted by molar-refractivity contribution is 0.650. The summed E-state index contributed by atoms with van der Waals surface area (Å²) in [4.78, 5) is 13.5. The number of thiazole rings is 1. The highest BCUT2D eigenvalue weighted by Crippen LogP contribution is 2.22. The normalized spacial score (nSPS) is 17.3. The van der Waals surface area contributed by atoms with Gasteiger partial charge in [-0.1, -0.05) is 0 Å². The van der Waals surface area contributed by atoms with Crippen LogP contribution in [0, 0.1) is 0 Å². The molecule has 6 heteroatoms. The molecule has 3 heterocycles. The molecule has 0 aliphatic carbocycles. The Balaban J connectivity index is 1.63. The lowest BCUT2D eigenvalue weighted by atomic mass is 10.2. The summed E-state index contributed by atoms with van der Waals surface area (Å²) >= 11 is 1.70. The lowest BCUT2D eigenvalue weighted by Gasteiger charge is -2.35. The first kappa shape index (κ1) is 13.3. The number of nitrogens with zero attached hydrogens (tertiary/aromatic N) is 4. The topological polar surface area (TPSA) is 58.3 Å². The van der Waals surface area contributed by atoms with Crippen molar-refractivity contribution in [3.05, 3.63) is 35.6 Å². The third-order valence-electron chi connectivity index (χ3n) is 3.57. The molecule has 20 heavy (non-hydrogen) atoms. The van der Waals surface area contributed by atoms with Gasteiger partial charge in [0.2, 0.25) is 0 Å². The number of hydrogen-bond donors (Lipinski definition) is 1. The molecule has 1 aliphatic rings. The molecule has 1 saturated heterocycles. The van der Waals surface area contributed by atoms with Crippen LogP contribution in [0.5, 0.6) is 0 Å². The molecule has 1 fully saturated rings. The van der Waals surface area contributed by atoms with Crippen LogP contribution >= 0.6 is 11.3 Å². The molecule has 2 aromatic rings. The van der Waals surface area contributed by atoms with Crippen LogP contribution in [0.1, 0.15) is 18.7 Å². The van der Waals surface area contributed by atoms with Crippen molar-refractivity contribution < 1.29 is 0 Å². The summed E-state index contributed by atoms with van der Waals surface area (Å²) in [7, 11) is 0. The van der Waals surface area contributed by atoms with E-state index in [1.165, 1.54) is 5.69 Å². The van der Waals surface area contributed by atoms with Crippen LogP contribution < -0.4 is 15.5 Å². The monoisotopic (exact) mass is 289 g/mol. The summed E-state index contributed by atoms with van der Waals surface area (Å²) < 4.78 is 0. The van der Waals surface area contributed by atoms with Crippen molar-refractivity contribution in [3.8, 4) is 0 Å². The van der Waals surface area contributed by atoms with E-state index >= 15 is 0 Å². The van der Waals surface area contributed by atoms with E-state index in [2.05, 4.69) is 25.8 Å². The van der Waals surface area contributed by atoms with Crippen molar-refractivity contribution in [1.82, 2.24) is 9.97 Å². The largest absolute Gasteiger partial charge is 0.367 e. The van der Waals surface area contributed by atoms with Crippen LogP contribution in [0.2, 0.25) is 0 Å². The molecule has 0 saturated carbocycles. The van der Waals surface area contributed by atoms with E-state index in [1.54, 1.807) is 11.3 Å². The first-order chi connectivity index (χ1) is 9.74. The maximum absolute atomic E-state index is 5.83. The molecule has 2 aromatic heterocycles. The van der Waals surface area contributed by atoms with Gasteiger partial charge in [0.25, 0.3) is 0 Å². The van der Waals surface area contributed by atoms with E-state index in [0.717, 1.165) is 37.0 Å². The molecule has 0 radical (unpaired) electrons. The van der Waals surface area contributed by atoms with E-state index in [9.17, 15) is 0 Å². The molecule has 3 rings (SSSR count). The van der Waals surface area contributed by atoms with Gasteiger partial charge in [-0.2, -0.15) is 0 Å². The average Bonchev–Trinajstić information content (AvgIpc) is 3.02. The lowest BCUT2D eigenvalue weighted by Crippen LogP contribution is -2.46. The molecule has 1 atom stereocenters. The number of aromatic nitrogens is 2. The highest BCUT2D eigenvalue weighted by atomic mass is 32.1. The standard InChI is InChI=1S/C14H19N5S/c1-11(15)13-3-2-12(10-17-13)18-5-7-19(8-6-18)14-16-4-9-20-14/h2-4,9-11H,5-8,15H2,1H3/t11-/m0/s1. The van der Waals surface area contributed by atoms with Crippen molar-refractivity contribution in [2.24, 2.45) is 5.73 Å². The van der Waals surface area contributed by atoms with E-state index in [1.807, 2.05) is 30.8 Å². The first-order valence-corrected chi connectivity index (χ1v) is 7.73. The van der Waals surface area contributed by atoms with Crippen molar-refractivity contribution >= 4 is 22.2 Å². The fraction of sp³-hybridized carbons (Fsp3) is 0.429. The second-order valence-electron chi connectivity index (χ2n) is 5.02. The number of piperazine rings is 1. The molecular formula is C14H19N5S. The molecule has 0 amide bonds. The van der Waals surface area contributed by atoms with Crippen LogP contribution in [-0.2, 0) is 0 Å². The number of anilines is 2.